The zero-order chi connectivity index (χ0) is 13.0. The van der Waals surface area contributed by atoms with Gasteiger partial charge in [-0.05, 0) is 24.1 Å². The quantitative estimate of drug-likeness (QED) is 0.576. The number of aliphatic hydroxyl groups excluding tert-OH is 1. The molecule has 0 bridgehead atoms. The highest BCUT2D eigenvalue weighted by Crippen LogP contribution is 2.16. The summed E-state index contributed by atoms with van der Waals surface area (Å²) in [6.45, 7) is 3.75. The van der Waals surface area contributed by atoms with E-state index < -0.39 is 0 Å². The van der Waals surface area contributed by atoms with Crippen LogP contribution in [0.3, 0.4) is 0 Å². The van der Waals surface area contributed by atoms with Gasteiger partial charge >= 0.3 is 0 Å². The number of aliphatic hydroxyl groups is 1. The van der Waals surface area contributed by atoms with E-state index in [1.54, 1.807) is 12.1 Å². The predicted octanol–water partition coefficient (Wildman–Crippen LogP) is 0.598. The number of anilines is 2. The minimum absolute atomic E-state index is 0.0989. The molecule has 0 radical (unpaired) electrons. The van der Waals surface area contributed by atoms with Crippen LogP contribution in [0, 0.1) is 5.92 Å². The Bertz CT molecular complexity index is 405. The van der Waals surface area contributed by atoms with Crippen molar-refractivity contribution in [2.24, 2.45) is 5.92 Å². The molecule has 0 saturated carbocycles. The summed E-state index contributed by atoms with van der Waals surface area (Å²) < 4.78 is 0. The molecule has 0 spiro atoms. The van der Waals surface area contributed by atoms with Gasteiger partial charge in [-0.15, -0.1) is 0 Å². The number of nitrogens with two attached hydrogens (primary N) is 2. The predicted molar refractivity (Wildman–Crippen MR) is 68.4 cm³/mol. The molecule has 1 atom stereocenters. The zero-order valence-corrected chi connectivity index (χ0v) is 10.1. The summed E-state index contributed by atoms with van der Waals surface area (Å²) in [5, 5.41) is 11.9. The molecule has 0 fully saturated rings. The van der Waals surface area contributed by atoms with Gasteiger partial charge in [-0.25, -0.2) is 0 Å². The summed E-state index contributed by atoms with van der Waals surface area (Å²) in [5.41, 5.74) is 12.5. The molecule has 1 unspecified atom stereocenters. The fraction of sp³-hybridized carbons (Fsp3) is 0.417. The van der Waals surface area contributed by atoms with Crippen LogP contribution in [-0.4, -0.2) is 23.7 Å². The topological polar surface area (TPSA) is 101 Å². The van der Waals surface area contributed by atoms with Crippen LogP contribution in [0.2, 0.25) is 0 Å². The average Bonchev–Trinajstić information content (AvgIpc) is 2.24. The van der Waals surface area contributed by atoms with Gasteiger partial charge in [0.25, 0.3) is 5.91 Å². The van der Waals surface area contributed by atoms with E-state index in [0.717, 1.165) is 0 Å². The lowest BCUT2D eigenvalue weighted by atomic mass is 10.0. The first kappa shape index (κ1) is 13.3. The number of carbonyl (C=O) groups is 1. The third-order valence-corrected chi connectivity index (χ3v) is 2.64. The molecule has 94 valence electrons. The summed E-state index contributed by atoms with van der Waals surface area (Å²) >= 11 is 0. The molecule has 1 amide bonds. The van der Waals surface area contributed by atoms with Crippen LogP contribution >= 0.6 is 0 Å². The normalized spacial score (nSPS) is 12.5. The smallest absolute Gasteiger partial charge is 0.253 e. The first-order chi connectivity index (χ1) is 7.95. The monoisotopic (exact) mass is 237 g/mol. The Labute approximate surface area is 101 Å². The number of hydrogen-bond donors (Lipinski definition) is 4. The molecule has 0 saturated heterocycles. The van der Waals surface area contributed by atoms with Crippen molar-refractivity contribution in [2.45, 2.75) is 19.9 Å². The van der Waals surface area contributed by atoms with Crippen molar-refractivity contribution >= 4 is 17.3 Å². The van der Waals surface area contributed by atoms with Crippen molar-refractivity contribution < 1.29 is 9.90 Å². The van der Waals surface area contributed by atoms with Gasteiger partial charge in [0, 0.05) is 11.4 Å². The van der Waals surface area contributed by atoms with E-state index >= 15 is 0 Å². The summed E-state index contributed by atoms with van der Waals surface area (Å²) in [6, 6.07) is 4.46. The standard InChI is InChI=1S/C12H19N3O2/c1-7(2)11(6-16)15-12(17)9-4-3-8(13)5-10(9)14/h3-5,7,11,16H,6,13-14H2,1-2H3,(H,15,17). The van der Waals surface area contributed by atoms with Crippen molar-refractivity contribution in [3.05, 3.63) is 23.8 Å². The van der Waals surface area contributed by atoms with Crippen LogP contribution in [0.5, 0.6) is 0 Å². The highest BCUT2D eigenvalue weighted by atomic mass is 16.3. The van der Waals surface area contributed by atoms with Gasteiger partial charge in [0.15, 0.2) is 0 Å². The van der Waals surface area contributed by atoms with Crippen molar-refractivity contribution in [1.29, 1.82) is 0 Å². The summed E-state index contributed by atoms with van der Waals surface area (Å²) in [5.74, 6) is -0.144. The second-order valence-corrected chi connectivity index (χ2v) is 4.35. The van der Waals surface area contributed by atoms with Crippen LogP contribution in [0.4, 0.5) is 11.4 Å². The van der Waals surface area contributed by atoms with Crippen molar-refractivity contribution in [3.63, 3.8) is 0 Å². The van der Waals surface area contributed by atoms with Gasteiger partial charge in [0.1, 0.15) is 0 Å². The van der Waals surface area contributed by atoms with Crippen molar-refractivity contribution in [1.82, 2.24) is 5.32 Å². The van der Waals surface area contributed by atoms with Gasteiger partial charge in [0.2, 0.25) is 0 Å². The lowest BCUT2D eigenvalue weighted by Crippen LogP contribution is -2.41. The van der Waals surface area contributed by atoms with Gasteiger partial charge in [-0.3, -0.25) is 4.79 Å². The van der Waals surface area contributed by atoms with E-state index in [-0.39, 0.29) is 24.5 Å². The first-order valence-corrected chi connectivity index (χ1v) is 5.52. The number of nitrogens with one attached hydrogen (secondary N) is 1. The molecule has 6 N–H and O–H groups in total. The number of amides is 1. The Balaban J connectivity index is 2.82. The fourth-order valence-corrected chi connectivity index (χ4v) is 1.46. The number of benzene rings is 1. The van der Waals surface area contributed by atoms with Gasteiger partial charge in [0.05, 0.1) is 18.2 Å². The van der Waals surface area contributed by atoms with Crippen LogP contribution in [0.15, 0.2) is 18.2 Å². The molecule has 0 heterocycles. The Kier molecular flexibility index (Phi) is 4.34. The van der Waals surface area contributed by atoms with Crippen LogP contribution < -0.4 is 16.8 Å². The third-order valence-electron chi connectivity index (χ3n) is 2.64. The molecule has 1 rings (SSSR count). The Morgan fingerprint density at radius 3 is 2.53 bits per heavy atom. The maximum atomic E-state index is 11.9. The fourth-order valence-electron chi connectivity index (χ4n) is 1.46. The minimum atomic E-state index is -0.296. The SMILES string of the molecule is CC(C)C(CO)NC(=O)c1ccc(N)cc1N. The molecule has 1 aromatic rings. The van der Waals surface area contributed by atoms with E-state index in [1.165, 1.54) is 6.07 Å². The number of carbonyl (C=O) groups excluding carboxylic acids is 1. The maximum absolute atomic E-state index is 11.9. The molecule has 0 aromatic heterocycles. The summed E-state index contributed by atoms with van der Waals surface area (Å²) in [7, 11) is 0. The van der Waals surface area contributed by atoms with Crippen LogP contribution in [0.25, 0.3) is 0 Å². The molecule has 0 aliphatic rings. The second-order valence-electron chi connectivity index (χ2n) is 4.35. The second kappa shape index (κ2) is 5.54. The molecule has 17 heavy (non-hydrogen) atoms. The third kappa shape index (κ3) is 3.35. The largest absolute Gasteiger partial charge is 0.399 e. The highest BCUT2D eigenvalue weighted by molar-refractivity contribution is 5.99. The Hall–Kier alpha value is -1.75. The van der Waals surface area contributed by atoms with Crippen molar-refractivity contribution in [2.75, 3.05) is 18.1 Å². The summed E-state index contributed by atoms with van der Waals surface area (Å²) in [4.78, 5) is 11.9. The number of hydrogen-bond acceptors (Lipinski definition) is 4. The number of nitrogen functional groups attached to an aromatic ring is 2. The number of rotatable bonds is 4. The summed E-state index contributed by atoms with van der Waals surface area (Å²) in [6.07, 6.45) is 0. The van der Waals surface area contributed by atoms with E-state index in [4.69, 9.17) is 16.6 Å². The highest BCUT2D eigenvalue weighted by Gasteiger charge is 2.17. The first-order valence-electron chi connectivity index (χ1n) is 5.52. The van der Waals surface area contributed by atoms with Gasteiger partial charge in [-0.2, -0.15) is 0 Å². The van der Waals surface area contributed by atoms with Crippen LogP contribution in [-0.2, 0) is 0 Å². The molecular weight excluding hydrogens is 218 g/mol. The Morgan fingerprint density at radius 1 is 1.41 bits per heavy atom. The zero-order valence-electron chi connectivity index (χ0n) is 10.1. The van der Waals surface area contributed by atoms with E-state index in [9.17, 15) is 4.79 Å². The molecular formula is C12H19N3O2. The van der Waals surface area contributed by atoms with E-state index in [2.05, 4.69) is 5.32 Å². The molecule has 0 aliphatic heterocycles. The lowest BCUT2D eigenvalue weighted by Gasteiger charge is -2.20. The average molecular weight is 237 g/mol. The molecule has 1 aromatic carbocycles. The van der Waals surface area contributed by atoms with E-state index in [0.29, 0.717) is 16.9 Å². The molecule has 5 nitrogen and oxygen atoms in total. The minimum Gasteiger partial charge on any atom is -0.399 e. The van der Waals surface area contributed by atoms with E-state index in [1.807, 2.05) is 13.8 Å². The van der Waals surface area contributed by atoms with Gasteiger partial charge < -0.3 is 21.9 Å². The Morgan fingerprint density at radius 2 is 2.06 bits per heavy atom. The van der Waals surface area contributed by atoms with Crippen LogP contribution in [0.1, 0.15) is 24.2 Å². The molecule has 0 aliphatic carbocycles. The van der Waals surface area contributed by atoms with Gasteiger partial charge in [-0.1, -0.05) is 13.8 Å². The van der Waals surface area contributed by atoms with Crippen molar-refractivity contribution in [3.8, 4) is 0 Å². The maximum Gasteiger partial charge on any atom is 0.253 e. The lowest BCUT2D eigenvalue weighted by molar-refractivity contribution is 0.0898. The molecule has 5 heteroatoms.